The van der Waals surface area contributed by atoms with E-state index in [-0.39, 0.29) is 15.6 Å². The molecule has 1 aliphatic heterocycles. The summed E-state index contributed by atoms with van der Waals surface area (Å²) in [6.07, 6.45) is 1.88. The smallest absolute Gasteiger partial charge is 0.234 e. The van der Waals surface area contributed by atoms with Gasteiger partial charge in [0.05, 0.1) is 0 Å². The minimum absolute atomic E-state index is 0.0561. The summed E-state index contributed by atoms with van der Waals surface area (Å²) in [5, 5.41) is 55.3. The second kappa shape index (κ2) is 3.46. The van der Waals surface area contributed by atoms with Gasteiger partial charge in [-0.15, -0.1) is 5.17 Å². The first-order valence-corrected chi connectivity index (χ1v) is 4.16. The van der Waals surface area contributed by atoms with E-state index >= 15 is 0 Å². The van der Waals surface area contributed by atoms with Gasteiger partial charge in [-0.05, 0) is 11.2 Å². The molecule has 0 amide bonds. The third-order valence-electron chi connectivity index (χ3n) is 2.36. The topological polar surface area (TPSA) is 134 Å². The van der Waals surface area contributed by atoms with Crippen molar-refractivity contribution in [2.75, 3.05) is 0 Å². The first-order chi connectivity index (χ1) is 7.40. The van der Waals surface area contributed by atoms with Crippen LogP contribution in [0.3, 0.4) is 0 Å². The van der Waals surface area contributed by atoms with Crippen LogP contribution in [0.4, 0.5) is 0 Å². The summed E-state index contributed by atoms with van der Waals surface area (Å²) >= 11 is 0. The van der Waals surface area contributed by atoms with Gasteiger partial charge in [0.1, 0.15) is 11.8 Å². The molecule has 2 atom stereocenters. The number of allylic oxidation sites excluding steroid dienone is 2. The third kappa shape index (κ3) is 1.21. The molecule has 0 aromatic heterocycles. The lowest BCUT2D eigenvalue weighted by atomic mass is 9.97. The molecular weight excluding hydrogens is 224 g/mol. The molecule has 0 bridgehead atoms. The Morgan fingerprint density at radius 2 is 1.75 bits per heavy atom. The molecule has 10 heteroatoms. The van der Waals surface area contributed by atoms with Gasteiger partial charge in [-0.3, -0.25) is 20.8 Å². The average molecular weight is 234 g/mol. The molecule has 0 spiro atoms. The zero-order valence-electron chi connectivity index (χ0n) is 7.78. The van der Waals surface area contributed by atoms with Gasteiger partial charge in [-0.1, -0.05) is 12.2 Å². The highest BCUT2D eigenvalue weighted by Crippen LogP contribution is 2.35. The molecule has 6 N–H and O–H groups in total. The van der Waals surface area contributed by atoms with Crippen LogP contribution in [0.15, 0.2) is 23.9 Å². The number of rotatable bonds is 0. The van der Waals surface area contributed by atoms with Crippen molar-refractivity contribution in [2.24, 2.45) is 0 Å². The standard InChI is InChI=1S/C6H10N4O6/c11-5-3-1-2-4-6(5,12)8(14)10(16)9(15)7(4)13/h1-3,5,11-16H. The van der Waals surface area contributed by atoms with Crippen molar-refractivity contribution in [1.82, 2.24) is 20.9 Å². The van der Waals surface area contributed by atoms with E-state index < -0.39 is 22.8 Å². The number of hydrogen-bond acceptors (Lipinski definition) is 10. The molecule has 0 aromatic carbocycles. The zero-order valence-corrected chi connectivity index (χ0v) is 7.78. The first-order valence-electron chi connectivity index (χ1n) is 4.16. The molecule has 0 saturated carbocycles. The van der Waals surface area contributed by atoms with E-state index in [2.05, 4.69) is 0 Å². The lowest BCUT2D eigenvalue weighted by Gasteiger charge is -2.50. The Labute approximate surface area is 88.7 Å². The van der Waals surface area contributed by atoms with Crippen molar-refractivity contribution < 1.29 is 31.0 Å². The highest BCUT2D eigenvalue weighted by molar-refractivity contribution is 5.29. The Morgan fingerprint density at radius 1 is 1.12 bits per heavy atom. The quantitative estimate of drug-likeness (QED) is 0.279. The number of nitrogens with zero attached hydrogens (tertiary/aromatic N) is 4. The molecule has 1 saturated heterocycles. The largest absolute Gasteiger partial charge is 0.384 e. The van der Waals surface area contributed by atoms with Crippen molar-refractivity contribution in [3.63, 3.8) is 0 Å². The van der Waals surface area contributed by atoms with E-state index in [1.165, 1.54) is 6.08 Å². The van der Waals surface area contributed by atoms with Crippen LogP contribution in [0.25, 0.3) is 0 Å². The normalized spacial score (nSPS) is 37.5. The fourth-order valence-corrected chi connectivity index (χ4v) is 1.48. The van der Waals surface area contributed by atoms with E-state index in [0.29, 0.717) is 0 Å². The monoisotopic (exact) mass is 234 g/mol. The summed E-state index contributed by atoms with van der Waals surface area (Å²) in [6.45, 7) is 0. The summed E-state index contributed by atoms with van der Waals surface area (Å²) in [7, 11) is 0. The van der Waals surface area contributed by atoms with Gasteiger partial charge in [-0.25, -0.2) is 0 Å². The van der Waals surface area contributed by atoms with Crippen LogP contribution < -0.4 is 0 Å². The number of fused-ring (bicyclic) bond motifs is 1. The van der Waals surface area contributed by atoms with Gasteiger partial charge in [0.2, 0.25) is 5.72 Å². The Hall–Kier alpha value is -1.08. The van der Waals surface area contributed by atoms with Crippen molar-refractivity contribution in [1.29, 1.82) is 0 Å². The number of hydrazine groups is 3. The number of aliphatic hydroxyl groups excluding tert-OH is 1. The molecule has 0 radical (unpaired) electrons. The fraction of sp³-hybridized carbons (Fsp3) is 0.333. The van der Waals surface area contributed by atoms with Crippen LogP contribution >= 0.6 is 0 Å². The lowest BCUT2D eigenvalue weighted by molar-refractivity contribution is -0.634. The maximum Gasteiger partial charge on any atom is 0.234 e. The van der Waals surface area contributed by atoms with Crippen LogP contribution in [-0.4, -0.2) is 63.8 Å². The molecule has 2 unspecified atom stereocenters. The van der Waals surface area contributed by atoms with Crippen LogP contribution in [-0.2, 0) is 0 Å². The molecule has 0 aromatic rings. The van der Waals surface area contributed by atoms with Crippen LogP contribution in [0, 0.1) is 0 Å². The minimum Gasteiger partial charge on any atom is -0.384 e. The summed E-state index contributed by atoms with van der Waals surface area (Å²) in [6, 6.07) is 0. The second-order valence-electron chi connectivity index (χ2n) is 3.22. The Morgan fingerprint density at radius 3 is 2.38 bits per heavy atom. The lowest BCUT2D eigenvalue weighted by Crippen LogP contribution is -2.74. The average Bonchev–Trinajstić information content (AvgIpc) is 2.27. The Bertz CT molecular complexity index is 361. The second-order valence-corrected chi connectivity index (χ2v) is 3.22. The highest BCUT2D eigenvalue weighted by Gasteiger charge is 2.57. The van der Waals surface area contributed by atoms with Crippen molar-refractivity contribution >= 4 is 0 Å². The molecule has 10 nitrogen and oxygen atoms in total. The molecular formula is C6H10N4O6. The van der Waals surface area contributed by atoms with E-state index in [4.69, 9.17) is 10.4 Å². The molecule has 1 fully saturated rings. The predicted octanol–water partition coefficient (Wildman–Crippen LogP) is -1.99. The van der Waals surface area contributed by atoms with E-state index in [1.54, 1.807) is 0 Å². The predicted molar refractivity (Wildman–Crippen MR) is 42.7 cm³/mol. The first kappa shape index (κ1) is 11.4. The van der Waals surface area contributed by atoms with Gasteiger partial charge in [0.15, 0.2) is 0 Å². The molecule has 1 heterocycles. The van der Waals surface area contributed by atoms with Crippen molar-refractivity contribution in [3.8, 4) is 0 Å². The van der Waals surface area contributed by atoms with E-state index in [1.807, 2.05) is 0 Å². The Balaban J connectivity index is 2.49. The number of hydroxylamine groups is 2. The number of hydrogen-bond donors (Lipinski definition) is 6. The zero-order chi connectivity index (χ0) is 12.1. The van der Waals surface area contributed by atoms with Gasteiger partial charge in [0, 0.05) is 10.6 Å². The van der Waals surface area contributed by atoms with Gasteiger partial charge >= 0.3 is 0 Å². The summed E-state index contributed by atoms with van der Waals surface area (Å²) < 4.78 is 0. The van der Waals surface area contributed by atoms with E-state index in [9.17, 15) is 20.6 Å². The molecule has 1 aliphatic carbocycles. The summed E-state index contributed by atoms with van der Waals surface area (Å²) in [5.74, 6) is 0. The maximum absolute atomic E-state index is 9.95. The van der Waals surface area contributed by atoms with Crippen molar-refractivity contribution in [2.45, 2.75) is 11.8 Å². The maximum atomic E-state index is 9.95. The fourth-order valence-electron chi connectivity index (χ4n) is 1.48. The molecule has 16 heavy (non-hydrogen) atoms. The third-order valence-corrected chi connectivity index (χ3v) is 2.36. The van der Waals surface area contributed by atoms with Crippen LogP contribution in [0.1, 0.15) is 0 Å². The minimum atomic E-state index is -2.52. The Kier molecular flexibility index (Phi) is 2.47. The van der Waals surface area contributed by atoms with Crippen LogP contribution in [0.5, 0.6) is 0 Å². The highest BCUT2D eigenvalue weighted by atomic mass is 16.9. The van der Waals surface area contributed by atoms with Gasteiger partial charge in [0.25, 0.3) is 0 Å². The van der Waals surface area contributed by atoms with E-state index in [0.717, 1.165) is 12.2 Å². The summed E-state index contributed by atoms with van der Waals surface area (Å²) in [4.78, 5) is 0. The summed E-state index contributed by atoms with van der Waals surface area (Å²) in [5.41, 5.74) is -2.98. The van der Waals surface area contributed by atoms with Gasteiger partial charge < -0.3 is 10.2 Å². The molecule has 2 aliphatic rings. The van der Waals surface area contributed by atoms with Crippen molar-refractivity contribution in [3.05, 3.63) is 23.9 Å². The number of aliphatic hydroxyl groups is 2. The molecule has 90 valence electrons. The van der Waals surface area contributed by atoms with Gasteiger partial charge in [-0.2, -0.15) is 0 Å². The SMILES string of the molecule is OC1C=CC=C2N(O)N(O)N(O)N(O)C21O. The molecule has 2 rings (SSSR count). The van der Waals surface area contributed by atoms with Crippen LogP contribution in [0.2, 0.25) is 0 Å².